The maximum absolute atomic E-state index is 14.4. The molecule has 1 amide bonds. The van der Waals surface area contributed by atoms with Crippen molar-refractivity contribution in [3.63, 3.8) is 0 Å². The number of imidazole rings is 1. The number of aryl methyl sites for hydroxylation is 1. The van der Waals surface area contributed by atoms with Gasteiger partial charge in [-0.25, -0.2) is 18.9 Å². The molecule has 5 heterocycles. The zero-order valence-electron chi connectivity index (χ0n) is 17.2. The van der Waals surface area contributed by atoms with Gasteiger partial charge in [0.2, 0.25) is 11.7 Å². The Hall–Kier alpha value is -3.20. The second kappa shape index (κ2) is 6.91. The molecule has 0 radical (unpaired) electrons. The largest absolute Gasteiger partial charge is 0.432 e. The molecule has 4 aromatic rings. The number of carbonyl (C=O) groups excluding carboxylic acids is 1. The molecule has 0 spiro atoms. The number of nitrogens with one attached hydrogen (secondary N) is 1. The lowest BCUT2D eigenvalue weighted by molar-refractivity contribution is 0.0642. The highest BCUT2D eigenvalue weighted by Crippen LogP contribution is 2.36. The molecule has 0 aromatic carbocycles. The van der Waals surface area contributed by atoms with Crippen molar-refractivity contribution in [2.75, 3.05) is 6.54 Å². The summed E-state index contributed by atoms with van der Waals surface area (Å²) >= 11 is 6.33. The van der Waals surface area contributed by atoms with E-state index in [9.17, 15) is 9.18 Å². The molecule has 0 fully saturated rings. The number of halogens is 2. The Morgan fingerprint density at radius 3 is 2.94 bits per heavy atom. The number of aromatic nitrogens is 5. The SMILES string of the molecule is Cc1nc(C(C)(C)F)oc1C(=O)N1CCc2[nH]cnc2C1c1cc2c(Cl)cccn2n1. The van der Waals surface area contributed by atoms with Crippen LogP contribution < -0.4 is 0 Å². The number of carbonyl (C=O) groups is 1. The zero-order valence-corrected chi connectivity index (χ0v) is 17.9. The molecule has 31 heavy (non-hydrogen) atoms. The van der Waals surface area contributed by atoms with Crippen LogP contribution in [0.3, 0.4) is 0 Å². The van der Waals surface area contributed by atoms with Gasteiger partial charge in [0.1, 0.15) is 6.04 Å². The normalized spacial score (nSPS) is 16.7. The first-order valence-corrected chi connectivity index (χ1v) is 10.3. The van der Waals surface area contributed by atoms with Crippen LogP contribution in [0.5, 0.6) is 0 Å². The van der Waals surface area contributed by atoms with Crippen molar-refractivity contribution in [1.29, 1.82) is 0 Å². The molecule has 0 saturated carbocycles. The van der Waals surface area contributed by atoms with E-state index in [-0.39, 0.29) is 17.6 Å². The maximum Gasteiger partial charge on any atom is 0.292 e. The Morgan fingerprint density at radius 2 is 2.23 bits per heavy atom. The number of rotatable bonds is 3. The lowest BCUT2D eigenvalue weighted by Gasteiger charge is -2.33. The van der Waals surface area contributed by atoms with Gasteiger partial charge in [0.05, 0.1) is 33.9 Å². The molecule has 5 rings (SSSR count). The Bertz CT molecular complexity index is 1300. The van der Waals surface area contributed by atoms with Gasteiger partial charge in [-0.05, 0) is 39.0 Å². The lowest BCUT2D eigenvalue weighted by Crippen LogP contribution is -2.41. The molecule has 1 aliphatic heterocycles. The molecule has 1 atom stereocenters. The number of amides is 1. The topological polar surface area (TPSA) is 92.3 Å². The Balaban J connectivity index is 1.61. The number of hydrogen-bond donors (Lipinski definition) is 1. The molecule has 8 nitrogen and oxygen atoms in total. The second-order valence-corrected chi connectivity index (χ2v) is 8.49. The van der Waals surface area contributed by atoms with Crippen molar-refractivity contribution in [1.82, 2.24) is 29.5 Å². The summed E-state index contributed by atoms with van der Waals surface area (Å²) in [6.07, 6.45) is 4.00. The summed E-state index contributed by atoms with van der Waals surface area (Å²) in [5.41, 5.74) is 1.55. The Morgan fingerprint density at radius 1 is 1.42 bits per heavy atom. The third kappa shape index (κ3) is 3.20. The number of nitrogens with zero attached hydrogens (tertiary/aromatic N) is 5. The van der Waals surface area contributed by atoms with Gasteiger partial charge in [-0.15, -0.1) is 0 Å². The predicted octanol–water partition coefficient (Wildman–Crippen LogP) is 4.00. The van der Waals surface area contributed by atoms with E-state index >= 15 is 0 Å². The molecule has 4 aromatic heterocycles. The molecular weight excluding hydrogens is 423 g/mol. The quantitative estimate of drug-likeness (QED) is 0.517. The minimum Gasteiger partial charge on any atom is -0.432 e. The zero-order chi connectivity index (χ0) is 21.9. The fraction of sp³-hybridized carbons (Fsp3) is 0.333. The van der Waals surface area contributed by atoms with Crippen molar-refractivity contribution in [2.24, 2.45) is 0 Å². The van der Waals surface area contributed by atoms with Crippen LogP contribution in [0.4, 0.5) is 4.39 Å². The number of fused-ring (bicyclic) bond motifs is 2. The van der Waals surface area contributed by atoms with E-state index in [1.165, 1.54) is 13.8 Å². The van der Waals surface area contributed by atoms with Crippen molar-refractivity contribution in [2.45, 2.75) is 38.9 Å². The van der Waals surface area contributed by atoms with Crippen LogP contribution in [0.15, 0.2) is 35.1 Å². The van der Waals surface area contributed by atoms with Crippen molar-refractivity contribution >= 4 is 23.0 Å². The van der Waals surface area contributed by atoms with Crippen LogP contribution in [0, 0.1) is 6.92 Å². The van der Waals surface area contributed by atoms with Gasteiger partial charge < -0.3 is 14.3 Å². The molecule has 160 valence electrons. The van der Waals surface area contributed by atoms with Gasteiger partial charge in [-0.3, -0.25) is 4.79 Å². The van der Waals surface area contributed by atoms with Gasteiger partial charge in [-0.1, -0.05) is 11.6 Å². The van der Waals surface area contributed by atoms with Crippen LogP contribution in [0.1, 0.15) is 59.1 Å². The number of H-pyrrole nitrogens is 1. The predicted molar refractivity (Wildman–Crippen MR) is 111 cm³/mol. The summed E-state index contributed by atoms with van der Waals surface area (Å²) in [5, 5.41) is 5.20. The fourth-order valence-electron chi connectivity index (χ4n) is 3.91. The number of aromatic amines is 1. The number of hydrogen-bond acceptors (Lipinski definition) is 5. The minimum absolute atomic E-state index is 0.0199. The molecule has 1 aliphatic rings. The number of alkyl halides is 1. The summed E-state index contributed by atoms with van der Waals surface area (Å²) in [6, 6.07) is 4.88. The molecular formula is C21H20ClFN6O2. The first-order chi connectivity index (χ1) is 14.7. The second-order valence-electron chi connectivity index (χ2n) is 8.08. The molecule has 1 N–H and O–H groups in total. The molecule has 10 heteroatoms. The van der Waals surface area contributed by atoms with Crippen LogP contribution in [-0.4, -0.2) is 41.9 Å². The standard InChI is InChI=1S/C21H20ClFN6O2/c1-11-18(31-20(26-11)21(2,3)23)19(30)28-8-6-13-16(25-10-24-13)17(28)14-9-15-12(22)5-4-7-29(15)27-14/h4-5,7,9-10,17H,6,8H2,1-3H3,(H,24,25). The molecule has 0 bridgehead atoms. The third-order valence-corrected chi connectivity index (χ3v) is 5.75. The van der Waals surface area contributed by atoms with Gasteiger partial charge in [-0.2, -0.15) is 5.10 Å². The van der Waals surface area contributed by atoms with E-state index < -0.39 is 11.7 Å². The summed E-state index contributed by atoms with van der Waals surface area (Å²) < 4.78 is 21.6. The molecule has 0 aliphatic carbocycles. The fourth-order valence-corrected chi connectivity index (χ4v) is 4.12. The maximum atomic E-state index is 14.4. The van der Waals surface area contributed by atoms with E-state index in [2.05, 4.69) is 20.1 Å². The Kier molecular flexibility index (Phi) is 4.40. The summed E-state index contributed by atoms with van der Waals surface area (Å²) in [5.74, 6) is -0.490. The summed E-state index contributed by atoms with van der Waals surface area (Å²) in [4.78, 5) is 26.9. The highest BCUT2D eigenvalue weighted by Gasteiger charge is 2.39. The monoisotopic (exact) mass is 442 g/mol. The highest BCUT2D eigenvalue weighted by atomic mass is 35.5. The number of oxazole rings is 1. The average Bonchev–Trinajstić information content (AvgIpc) is 3.44. The summed E-state index contributed by atoms with van der Waals surface area (Å²) in [7, 11) is 0. The highest BCUT2D eigenvalue weighted by molar-refractivity contribution is 6.33. The van der Waals surface area contributed by atoms with Crippen LogP contribution >= 0.6 is 11.6 Å². The Labute approximate surface area is 182 Å². The third-order valence-electron chi connectivity index (χ3n) is 5.43. The van der Waals surface area contributed by atoms with E-state index in [4.69, 9.17) is 16.0 Å². The first-order valence-electron chi connectivity index (χ1n) is 9.88. The van der Waals surface area contributed by atoms with E-state index in [0.717, 1.165) is 11.2 Å². The van der Waals surface area contributed by atoms with Crippen molar-refractivity contribution in [3.8, 4) is 0 Å². The molecule has 1 unspecified atom stereocenters. The smallest absolute Gasteiger partial charge is 0.292 e. The van der Waals surface area contributed by atoms with Crippen molar-refractivity contribution in [3.05, 3.63) is 70.2 Å². The van der Waals surface area contributed by atoms with E-state index in [1.54, 1.807) is 41.0 Å². The molecule has 0 saturated heterocycles. The lowest BCUT2D eigenvalue weighted by atomic mass is 9.99. The van der Waals surface area contributed by atoms with Gasteiger partial charge in [0, 0.05) is 24.9 Å². The van der Waals surface area contributed by atoms with Crippen LogP contribution in [0.2, 0.25) is 5.02 Å². The van der Waals surface area contributed by atoms with Crippen molar-refractivity contribution < 1.29 is 13.6 Å². The number of pyridine rings is 1. The van der Waals surface area contributed by atoms with Crippen LogP contribution in [0.25, 0.3) is 5.52 Å². The van der Waals surface area contributed by atoms with Gasteiger partial charge >= 0.3 is 0 Å². The van der Waals surface area contributed by atoms with E-state index in [1.807, 2.05) is 6.07 Å². The first kappa shape index (κ1) is 19.7. The van der Waals surface area contributed by atoms with E-state index in [0.29, 0.717) is 35.1 Å². The van der Waals surface area contributed by atoms with Gasteiger partial charge in [0.15, 0.2) is 5.67 Å². The average molecular weight is 443 g/mol. The summed E-state index contributed by atoms with van der Waals surface area (Å²) in [6.45, 7) is 4.73. The van der Waals surface area contributed by atoms with Crippen LogP contribution in [-0.2, 0) is 12.1 Å². The van der Waals surface area contributed by atoms with Gasteiger partial charge in [0.25, 0.3) is 5.91 Å². The minimum atomic E-state index is -1.79.